The van der Waals surface area contributed by atoms with Crippen LogP contribution in [-0.2, 0) is 25.5 Å². The predicted octanol–water partition coefficient (Wildman–Crippen LogP) is 2.28. The van der Waals surface area contributed by atoms with E-state index in [4.69, 9.17) is 0 Å². The smallest absolute Gasteiger partial charge is 0.256 e. The minimum Gasteiger partial charge on any atom is -0.367 e. The Morgan fingerprint density at radius 1 is 1.25 bits per heavy atom. The van der Waals surface area contributed by atoms with Gasteiger partial charge >= 0.3 is 0 Å². The van der Waals surface area contributed by atoms with Gasteiger partial charge in [-0.05, 0) is 46.5 Å². The van der Waals surface area contributed by atoms with Gasteiger partial charge in [-0.2, -0.15) is 4.98 Å². The molecule has 3 N–H and O–H groups in total. The van der Waals surface area contributed by atoms with E-state index in [0.29, 0.717) is 29.3 Å². The molecule has 1 unspecified atom stereocenters. The van der Waals surface area contributed by atoms with Gasteiger partial charge in [0, 0.05) is 36.8 Å². The fourth-order valence-electron chi connectivity index (χ4n) is 2.08. The highest BCUT2D eigenvalue weighted by Crippen LogP contribution is 2.22. The van der Waals surface area contributed by atoms with Crippen LogP contribution in [0.1, 0.15) is 6.92 Å². The third kappa shape index (κ3) is 7.52. The first-order valence-corrected chi connectivity index (χ1v) is 12.3. The minimum absolute atomic E-state index is 0.0892. The van der Waals surface area contributed by atoms with Gasteiger partial charge in [-0.3, -0.25) is 4.79 Å². The second-order valence-corrected chi connectivity index (χ2v) is 10.1. The van der Waals surface area contributed by atoms with Gasteiger partial charge in [0.05, 0.1) is 10.7 Å². The molecule has 0 bridgehead atoms. The average Bonchev–Trinajstić information content (AvgIpc) is 2.60. The van der Waals surface area contributed by atoms with Crippen LogP contribution in [0.4, 0.5) is 17.5 Å². The van der Waals surface area contributed by atoms with Crippen LogP contribution in [0, 0.1) is 0 Å². The van der Waals surface area contributed by atoms with E-state index in [2.05, 4.69) is 45.6 Å². The predicted molar refractivity (Wildman–Crippen MR) is 115 cm³/mol. The molecule has 0 radical (unpaired) electrons. The molecule has 1 aromatic heterocycles. The zero-order chi connectivity index (χ0) is 20.7. The zero-order valence-electron chi connectivity index (χ0n) is 15.6. The molecule has 28 heavy (non-hydrogen) atoms. The van der Waals surface area contributed by atoms with Crippen molar-refractivity contribution in [3.05, 3.63) is 34.9 Å². The second-order valence-electron chi connectivity index (χ2n) is 5.73. The molecule has 9 nitrogen and oxygen atoms in total. The van der Waals surface area contributed by atoms with E-state index in [1.54, 1.807) is 12.5 Å². The summed E-state index contributed by atoms with van der Waals surface area (Å²) in [5, 5.41) is 8.91. The molecule has 1 atom stereocenters. The lowest BCUT2D eigenvalue weighted by Crippen LogP contribution is -2.26. The normalized spacial score (nSPS) is 12.4. The van der Waals surface area contributed by atoms with Crippen LogP contribution in [0.5, 0.6) is 0 Å². The zero-order valence-corrected chi connectivity index (χ0v) is 18.8. The van der Waals surface area contributed by atoms with Crippen molar-refractivity contribution in [2.75, 3.05) is 36.2 Å². The van der Waals surface area contributed by atoms with Crippen molar-refractivity contribution < 1.29 is 13.2 Å². The van der Waals surface area contributed by atoms with E-state index in [1.807, 2.05) is 24.3 Å². The Morgan fingerprint density at radius 3 is 2.54 bits per heavy atom. The third-order valence-electron chi connectivity index (χ3n) is 3.23. The molecule has 0 saturated heterocycles. The van der Waals surface area contributed by atoms with E-state index in [9.17, 15) is 13.2 Å². The van der Waals surface area contributed by atoms with Gasteiger partial charge in [0.15, 0.2) is 0 Å². The third-order valence-corrected chi connectivity index (χ3v) is 6.75. The molecule has 0 spiro atoms. The van der Waals surface area contributed by atoms with Gasteiger partial charge in [0.1, 0.15) is 5.82 Å². The van der Waals surface area contributed by atoms with Gasteiger partial charge in [0.25, 0.3) is 10.0 Å². The summed E-state index contributed by atoms with van der Waals surface area (Å²) in [6, 6.07) is 7.25. The van der Waals surface area contributed by atoms with Crippen molar-refractivity contribution in [2.45, 2.75) is 11.8 Å². The number of nitrogens with zero attached hydrogens (tertiary/aromatic N) is 3. The summed E-state index contributed by atoms with van der Waals surface area (Å²) in [6.45, 7) is 2.46. The summed E-state index contributed by atoms with van der Waals surface area (Å²) in [6.07, 6.45) is 4.46. The van der Waals surface area contributed by atoms with Gasteiger partial charge in [-0.1, -0.05) is 10.7 Å². The van der Waals surface area contributed by atoms with Gasteiger partial charge in [-0.25, -0.2) is 13.4 Å². The Labute approximate surface area is 175 Å². The molecular formula is C16H21BrN6O3S2. The fourth-order valence-corrected chi connectivity index (χ4v) is 4.91. The van der Waals surface area contributed by atoms with Gasteiger partial charge in [-0.15, -0.1) is 3.77 Å². The Balaban J connectivity index is 2.06. The molecule has 152 valence electrons. The Morgan fingerprint density at radius 2 is 1.93 bits per heavy atom. The Bertz CT molecular complexity index is 980. The van der Waals surface area contributed by atoms with Crippen molar-refractivity contribution >= 4 is 60.0 Å². The molecule has 1 amide bonds. The lowest BCUT2D eigenvalue weighted by molar-refractivity contribution is -0.118. The molecule has 1 aromatic carbocycles. The van der Waals surface area contributed by atoms with Crippen LogP contribution in [-0.4, -0.2) is 49.9 Å². The standard InChI is InChI=1S/C16H21BrN6O3S2/c1-11(24)18-8-9-19-15-14(17)10-20-16(22-15)21-12-4-6-13(7-5-12)27(2)23-28(3,25)26/h4-7,10H,8-9H2,1-3H3,(H,18,24)(H2,19,20,21,22). The van der Waals surface area contributed by atoms with Gasteiger partial charge in [0.2, 0.25) is 11.9 Å². The van der Waals surface area contributed by atoms with E-state index >= 15 is 0 Å². The van der Waals surface area contributed by atoms with Crippen molar-refractivity contribution in [1.29, 1.82) is 0 Å². The monoisotopic (exact) mass is 488 g/mol. The number of nitrogens with one attached hydrogen (secondary N) is 3. The van der Waals surface area contributed by atoms with Crippen molar-refractivity contribution in [3.8, 4) is 0 Å². The lowest BCUT2D eigenvalue weighted by atomic mass is 10.3. The van der Waals surface area contributed by atoms with Crippen LogP contribution in [0.15, 0.2) is 43.6 Å². The topological polar surface area (TPSA) is 125 Å². The summed E-state index contributed by atoms with van der Waals surface area (Å²) in [5.74, 6) is 0.907. The van der Waals surface area contributed by atoms with Crippen LogP contribution in [0.3, 0.4) is 0 Å². The highest BCUT2D eigenvalue weighted by atomic mass is 79.9. The fraction of sp³-hybridized carbons (Fsp3) is 0.312. The van der Waals surface area contributed by atoms with Crippen LogP contribution in [0.25, 0.3) is 0 Å². The molecule has 0 aliphatic rings. The number of rotatable bonds is 8. The number of hydrogen-bond acceptors (Lipinski definition) is 7. The lowest BCUT2D eigenvalue weighted by Gasteiger charge is -2.11. The SMILES string of the molecule is CC(=O)NCCNc1nc(Nc2ccc(S(C)=NS(C)(=O)=O)cc2)ncc1Br. The highest BCUT2D eigenvalue weighted by Gasteiger charge is 2.06. The maximum Gasteiger partial charge on any atom is 0.256 e. The second kappa shape index (κ2) is 9.94. The van der Waals surface area contributed by atoms with Crippen LogP contribution >= 0.6 is 15.9 Å². The molecule has 0 saturated carbocycles. The summed E-state index contributed by atoms with van der Waals surface area (Å²) in [7, 11) is -4.13. The van der Waals surface area contributed by atoms with Crippen LogP contribution in [0.2, 0.25) is 0 Å². The number of halogens is 1. The van der Waals surface area contributed by atoms with E-state index < -0.39 is 20.7 Å². The van der Waals surface area contributed by atoms with Crippen molar-refractivity contribution in [1.82, 2.24) is 15.3 Å². The first-order chi connectivity index (χ1) is 13.1. The molecule has 2 rings (SSSR count). The van der Waals surface area contributed by atoms with E-state index in [0.717, 1.165) is 16.8 Å². The molecule has 0 fully saturated rings. The molecule has 12 heteroatoms. The van der Waals surface area contributed by atoms with E-state index in [-0.39, 0.29) is 5.91 Å². The van der Waals surface area contributed by atoms with Crippen LogP contribution < -0.4 is 16.0 Å². The number of anilines is 3. The number of amides is 1. The molecule has 1 heterocycles. The number of benzene rings is 1. The van der Waals surface area contributed by atoms with Gasteiger partial charge < -0.3 is 16.0 Å². The summed E-state index contributed by atoms with van der Waals surface area (Å²) < 4.78 is 27.1. The average molecular weight is 489 g/mol. The quantitative estimate of drug-likeness (QED) is 0.486. The molecular weight excluding hydrogens is 468 g/mol. The summed E-state index contributed by atoms with van der Waals surface area (Å²) in [5.41, 5.74) is 0.756. The van der Waals surface area contributed by atoms with Crippen molar-refractivity contribution in [3.63, 3.8) is 0 Å². The maximum atomic E-state index is 11.3. The Kier molecular flexibility index (Phi) is 7.89. The number of aromatic nitrogens is 2. The number of sulfonamides is 1. The first kappa shape index (κ1) is 22.2. The number of carbonyl (C=O) groups excluding carboxylic acids is 1. The maximum absolute atomic E-state index is 11.3. The largest absolute Gasteiger partial charge is 0.367 e. The number of hydrogen-bond donors (Lipinski definition) is 3. The minimum atomic E-state index is -3.39. The highest BCUT2D eigenvalue weighted by molar-refractivity contribution is 9.10. The number of carbonyl (C=O) groups is 1. The molecule has 0 aliphatic carbocycles. The Hall–Kier alpha value is -2.05. The molecule has 0 aliphatic heterocycles. The summed E-state index contributed by atoms with van der Waals surface area (Å²) in [4.78, 5) is 20.3. The molecule has 2 aromatic rings. The van der Waals surface area contributed by atoms with Crippen molar-refractivity contribution in [2.24, 2.45) is 3.77 Å². The summed E-state index contributed by atoms with van der Waals surface area (Å²) >= 11 is 3.39. The first-order valence-electron chi connectivity index (χ1n) is 8.11. The van der Waals surface area contributed by atoms with E-state index in [1.165, 1.54) is 6.92 Å².